The van der Waals surface area contributed by atoms with Gasteiger partial charge in [-0.15, -0.1) is 0 Å². The number of ketones is 2. The number of halogens is 1. The van der Waals surface area contributed by atoms with Gasteiger partial charge in [-0.3, -0.25) is 9.59 Å². The van der Waals surface area contributed by atoms with Gasteiger partial charge in [0.2, 0.25) is 0 Å². The molecule has 0 radical (unpaired) electrons. The lowest BCUT2D eigenvalue weighted by Gasteiger charge is -2.03. The molecule has 0 spiro atoms. The lowest BCUT2D eigenvalue weighted by molar-refractivity contribution is -0.114. The SMILES string of the molecule is CC1=C(Br)C(=O)C=CC1=O. The van der Waals surface area contributed by atoms with E-state index in [1.807, 2.05) is 0 Å². The van der Waals surface area contributed by atoms with Crippen LogP contribution in [0.4, 0.5) is 0 Å². The van der Waals surface area contributed by atoms with Crippen LogP contribution in [0.3, 0.4) is 0 Å². The van der Waals surface area contributed by atoms with Crippen LogP contribution in [-0.4, -0.2) is 11.6 Å². The van der Waals surface area contributed by atoms with Crippen molar-refractivity contribution < 1.29 is 9.59 Å². The molecule has 3 heteroatoms. The number of rotatable bonds is 0. The molecule has 0 saturated carbocycles. The summed E-state index contributed by atoms with van der Waals surface area (Å²) in [5.41, 5.74) is 0.479. The van der Waals surface area contributed by atoms with Gasteiger partial charge in [0.05, 0.1) is 4.48 Å². The van der Waals surface area contributed by atoms with Crippen LogP contribution in [0.25, 0.3) is 0 Å². The molecule has 0 N–H and O–H groups in total. The normalized spacial score (nSPS) is 18.6. The predicted molar refractivity (Wildman–Crippen MR) is 40.8 cm³/mol. The summed E-state index contributed by atoms with van der Waals surface area (Å²) in [6, 6.07) is 0. The van der Waals surface area contributed by atoms with Crippen molar-refractivity contribution in [2.24, 2.45) is 0 Å². The average molecular weight is 201 g/mol. The Morgan fingerprint density at radius 3 is 2.20 bits per heavy atom. The molecule has 0 aliphatic heterocycles. The number of carbonyl (C=O) groups is 2. The van der Waals surface area contributed by atoms with Gasteiger partial charge in [-0.25, -0.2) is 0 Å². The predicted octanol–water partition coefficient (Wildman–Crippen LogP) is 1.36. The molecule has 0 atom stereocenters. The van der Waals surface area contributed by atoms with Crippen LogP contribution in [0.2, 0.25) is 0 Å². The van der Waals surface area contributed by atoms with E-state index in [0.29, 0.717) is 10.1 Å². The highest BCUT2D eigenvalue weighted by molar-refractivity contribution is 9.12. The molecular formula is C7H5BrO2. The molecule has 2 nitrogen and oxygen atoms in total. The maximum Gasteiger partial charge on any atom is 0.193 e. The topological polar surface area (TPSA) is 34.1 Å². The Hall–Kier alpha value is -0.700. The maximum atomic E-state index is 10.8. The van der Waals surface area contributed by atoms with E-state index in [2.05, 4.69) is 15.9 Å². The third-order valence-corrected chi connectivity index (χ3v) is 2.29. The van der Waals surface area contributed by atoms with Crippen LogP contribution in [0, 0.1) is 0 Å². The Balaban J connectivity index is 3.12. The van der Waals surface area contributed by atoms with Crippen molar-refractivity contribution in [3.63, 3.8) is 0 Å². The van der Waals surface area contributed by atoms with Gasteiger partial charge in [-0.2, -0.15) is 0 Å². The highest BCUT2D eigenvalue weighted by Crippen LogP contribution is 2.18. The lowest BCUT2D eigenvalue weighted by Crippen LogP contribution is -2.08. The zero-order valence-electron chi connectivity index (χ0n) is 5.35. The second-order valence-corrected chi connectivity index (χ2v) is 2.79. The van der Waals surface area contributed by atoms with Gasteiger partial charge in [0.15, 0.2) is 11.6 Å². The summed E-state index contributed by atoms with van der Waals surface area (Å²) >= 11 is 3.02. The van der Waals surface area contributed by atoms with E-state index in [9.17, 15) is 9.59 Å². The quantitative estimate of drug-likeness (QED) is 0.554. The second kappa shape index (κ2) is 2.50. The fraction of sp³-hybridized carbons (Fsp3) is 0.143. The summed E-state index contributed by atoms with van der Waals surface area (Å²) in [7, 11) is 0. The first kappa shape index (κ1) is 7.41. The molecule has 10 heavy (non-hydrogen) atoms. The van der Waals surface area contributed by atoms with Crippen molar-refractivity contribution in [2.45, 2.75) is 6.92 Å². The van der Waals surface area contributed by atoms with Crippen LogP contribution in [0.1, 0.15) is 6.92 Å². The largest absolute Gasteiger partial charge is 0.290 e. The molecule has 1 rings (SSSR count). The number of carbonyl (C=O) groups excluding carboxylic acids is 2. The maximum absolute atomic E-state index is 10.8. The summed E-state index contributed by atoms with van der Waals surface area (Å²) in [4.78, 5) is 21.6. The molecule has 1 aliphatic carbocycles. The fourth-order valence-electron chi connectivity index (χ4n) is 0.643. The molecule has 0 fully saturated rings. The first-order valence-electron chi connectivity index (χ1n) is 2.76. The minimum atomic E-state index is -0.142. The molecule has 0 heterocycles. The minimum Gasteiger partial charge on any atom is -0.290 e. The van der Waals surface area contributed by atoms with Crippen molar-refractivity contribution in [1.29, 1.82) is 0 Å². The van der Waals surface area contributed by atoms with Crippen LogP contribution in [0.5, 0.6) is 0 Å². The number of hydrogen-bond acceptors (Lipinski definition) is 2. The van der Waals surface area contributed by atoms with Crippen molar-refractivity contribution >= 4 is 27.5 Å². The first-order valence-corrected chi connectivity index (χ1v) is 3.55. The van der Waals surface area contributed by atoms with Gasteiger partial charge in [0, 0.05) is 5.57 Å². The summed E-state index contributed by atoms with van der Waals surface area (Å²) < 4.78 is 0.375. The molecule has 0 saturated heterocycles. The number of allylic oxidation sites excluding steroid dienone is 4. The van der Waals surface area contributed by atoms with E-state index in [1.165, 1.54) is 12.2 Å². The third-order valence-electron chi connectivity index (χ3n) is 1.30. The van der Waals surface area contributed by atoms with Crippen molar-refractivity contribution in [3.05, 3.63) is 22.2 Å². The highest BCUT2D eigenvalue weighted by Gasteiger charge is 2.15. The molecule has 0 aromatic carbocycles. The van der Waals surface area contributed by atoms with Gasteiger partial charge in [0.25, 0.3) is 0 Å². The zero-order valence-corrected chi connectivity index (χ0v) is 6.94. The Morgan fingerprint density at radius 1 is 1.20 bits per heavy atom. The Bertz CT molecular complexity index is 235. The Kier molecular flexibility index (Phi) is 1.85. The molecule has 0 unspecified atom stereocenters. The summed E-state index contributed by atoms with van der Waals surface area (Å²) in [6.45, 7) is 1.62. The molecular weight excluding hydrogens is 196 g/mol. The van der Waals surface area contributed by atoms with Gasteiger partial charge in [-0.1, -0.05) is 0 Å². The fourth-order valence-corrected chi connectivity index (χ4v) is 0.970. The molecule has 0 aromatic heterocycles. The van der Waals surface area contributed by atoms with E-state index in [0.717, 1.165) is 0 Å². The van der Waals surface area contributed by atoms with E-state index in [1.54, 1.807) is 6.92 Å². The Labute approximate surface area is 66.7 Å². The first-order chi connectivity index (χ1) is 4.63. The highest BCUT2D eigenvalue weighted by atomic mass is 79.9. The Morgan fingerprint density at radius 2 is 1.70 bits per heavy atom. The smallest absolute Gasteiger partial charge is 0.193 e. The van der Waals surface area contributed by atoms with Crippen LogP contribution < -0.4 is 0 Å². The molecule has 0 aromatic rings. The van der Waals surface area contributed by atoms with Gasteiger partial charge < -0.3 is 0 Å². The molecule has 52 valence electrons. The van der Waals surface area contributed by atoms with Crippen molar-refractivity contribution in [1.82, 2.24) is 0 Å². The van der Waals surface area contributed by atoms with Gasteiger partial charge >= 0.3 is 0 Å². The van der Waals surface area contributed by atoms with Crippen molar-refractivity contribution in [3.8, 4) is 0 Å². The van der Waals surface area contributed by atoms with Gasteiger partial charge in [0.1, 0.15) is 0 Å². The molecule has 1 aliphatic rings. The van der Waals surface area contributed by atoms with E-state index >= 15 is 0 Å². The summed E-state index contributed by atoms with van der Waals surface area (Å²) in [5.74, 6) is -0.247. The van der Waals surface area contributed by atoms with Crippen LogP contribution in [0.15, 0.2) is 22.2 Å². The third kappa shape index (κ3) is 1.09. The second-order valence-electron chi connectivity index (χ2n) is 2.00. The van der Waals surface area contributed by atoms with Gasteiger partial charge in [-0.05, 0) is 35.0 Å². The summed E-state index contributed by atoms with van der Waals surface area (Å²) in [6.07, 6.45) is 2.54. The lowest BCUT2D eigenvalue weighted by atomic mass is 10.1. The molecule has 0 amide bonds. The average Bonchev–Trinajstić information content (AvgIpc) is 1.93. The monoisotopic (exact) mass is 200 g/mol. The van der Waals surface area contributed by atoms with E-state index in [-0.39, 0.29) is 11.6 Å². The summed E-state index contributed by atoms with van der Waals surface area (Å²) in [5, 5.41) is 0. The number of hydrogen-bond donors (Lipinski definition) is 0. The van der Waals surface area contributed by atoms with Crippen LogP contribution in [-0.2, 0) is 9.59 Å². The van der Waals surface area contributed by atoms with Crippen LogP contribution >= 0.6 is 15.9 Å². The standard InChI is InChI=1S/C7H5BrO2/c1-4-5(9)2-3-6(10)7(4)8/h2-3H,1H3. The minimum absolute atomic E-state index is 0.105. The zero-order chi connectivity index (χ0) is 7.72. The van der Waals surface area contributed by atoms with E-state index < -0.39 is 0 Å². The molecule has 0 bridgehead atoms. The van der Waals surface area contributed by atoms with Crippen molar-refractivity contribution in [2.75, 3.05) is 0 Å². The van der Waals surface area contributed by atoms with E-state index in [4.69, 9.17) is 0 Å².